The van der Waals surface area contributed by atoms with Crippen molar-refractivity contribution in [2.24, 2.45) is 0 Å². The van der Waals surface area contributed by atoms with Gasteiger partial charge < -0.3 is 10.8 Å². The van der Waals surface area contributed by atoms with E-state index in [4.69, 9.17) is 5.73 Å². The predicted octanol–water partition coefficient (Wildman–Crippen LogP) is 5.86. The standard InChI is InChI=1S/C20H33NO2/c1-2-3-4-5-6-7-8-9-10-11-12-15-18(22)17-14-13-16-19(23)20(17)21/h13-14,16,23H,2-12,15,21H2,1H3. The van der Waals surface area contributed by atoms with Gasteiger partial charge in [0.05, 0.1) is 5.69 Å². The molecule has 3 N–H and O–H groups in total. The maximum absolute atomic E-state index is 12.1. The fourth-order valence-corrected chi connectivity index (χ4v) is 2.88. The Morgan fingerprint density at radius 3 is 2.00 bits per heavy atom. The Balaban J connectivity index is 2.03. The molecule has 0 radical (unpaired) electrons. The monoisotopic (exact) mass is 319 g/mol. The van der Waals surface area contributed by atoms with Crippen molar-refractivity contribution in [3.05, 3.63) is 23.8 Å². The van der Waals surface area contributed by atoms with E-state index in [1.165, 1.54) is 63.9 Å². The molecule has 3 heteroatoms. The van der Waals surface area contributed by atoms with Gasteiger partial charge in [-0.15, -0.1) is 0 Å². The molecule has 0 aliphatic heterocycles. The molecule has 3 nitrogen and oxygen atoms in total. The highest BCUT2D eigenvalue weighted by atomic mass is 16.3. The van der Waals surface area contributed by atoms with Crippen LogP contribution in [0.4, 0.5) is 5.69 Å². The molecular weight excluding hydrogens is 286 g/mol. The Bertz CT molecular complexity index is 457. The normalized spacial score (nSPS) is 10.8. The Hall–Kier alpha value is -1.51. The van der Waals surface area contributed by atoms with Gasteiger partial charge in [-0.1, -0.05) is 77.2 Å². The molecule has 0 saturated heterocycles. The molecule has 0 heterocycles. The minimum atomic E-state index is -0.00483. The number of carbonyl (C=O) groups is 1. The van der Waals surface area contributed by atoms with Gasteiger partial charge in [0.25, 0.3) is 0 Å². The van der Waals surface area contributed by atoms with E-state index in [0.717, 1.165) is 12.8 Å². The number of anilines is 1. The van der Waals surface area contributed by atoms with E-state index in [1.807, 2.05) is 0 Å². The first-order chi connectivity index (χ1) is 11.2. The summed E-state index contributed by atoms with van der Waals surface area (Å²) in [4.78, 5) is 12.1. The Labute approximate surface area is 141 Å². The second kappa shape index (κ2) is 12.0. The molecular formula is C20H33NO2. The molecule has 0 atom stereocenters. The van der Waals surface area contributed by atoms with Crippen LogP contribution in [-0.2, 0) is 0 Å². The van der Waals surface area contributed by atoms with Gasteiger partial charge in [0.2, 0.25) is 0 Å². The van der Waals surface area contributed by atoms with E-state index in [-0.39, 0.29) is 17.2 Å². The molecule has 0 spiro atoms. The first-order valence-electron chi connectivity index (χ1n) is 9.27. The fraction of sp³-hybridized carbons (Fsp3) is 0.650. The summed E-state index contributed by atoms with van der Waals surface area (Å²) in [6.45, 7) is 2.25. The number of Topliss-reactive ketones (excluding diaryl/α,β-unsaturated/α-hetero) is 1. The number of nitrogen functional groups attached to an aromatic ring is 1. The van der Waals surface area contributed by atoms with Crippen molar-refractivity contribution < 1.29 is 9.90 Å². The molecule has 0 bridgehead atoms. The first-order valence-corrected chi connectivity index (χ1v) is 9.27. The number of rotatable bonds is 13. The molecule has 0 saturated carbocycles. The lowest BCUT2D eigenvalue weighted by Gasteiger charge is -2.06. The van der Waals surface area contributed by atoms with Crippen molar-refractivity contribution >= 4 is 11.5 Å². The van der Waals surface area contributed by atoms with Gasteiger partial charge in [0, 0.05) is 12.0 Å². The fourth-order valence-electron chi connectivity index (χ4n) is 2.88. The van der Waals surface area contributed by atoms with Crippen LogP contribution < -0.4 is 5.73 Å². The van der Waals surface area contributed by atoms with Crippen LogP contribution in [0.1, 0.15) is 94.3 Å². The molecule has 0 fully saturated rings. The summed E-state index contributed by atoms with van der Waals surface area (Å²) in [5, 5.41) is 9.53. The molecule has 1 rings (SSSR count). The molecule has 0 aromatic heterocycles. The highest BCUT2D eigenvalue weighted by Crippen LogP contribution is 2.25. The Morgan fingerprint density at radius 2 is 1.43 bits per heavy atom. The topological polar surface area (TPSA) is 63.3 Å². The quantitative estimate of drug-likeness (QED) is 0.207. The number of phenolic OH excluding ortho intramolecular Hbond substituents is 1. The second-order valence-electron chi connectivity index (χ2n) is 6.45. The van der Waals surface area contributed by atoms with E-state index in [2.05, 4.69) is 6.92 Å². The number of hydrogen-bond donors (Lipinski definition) is 2. The molecule has 23 heavy (non-hydrogen) atoms. The summed E-state index contributed by atoms with van der Waals surface area (Å²) in [5.74, 6) is 0.0316. The van der Waals surface area contributed by atoms with Gasteiger partial charge in [-0.05, 0) is 18.6 Å². The summed E-state index contributed by atoms with van der Waals surface area (Å²) >= 11 is 0. The maximum Gasteiger partial charge on any atom is 0.165 e. The molecule has 1 aromatic rings. The Kier molecular flexibility index (Phi) is 10.2. The minimum absolute atomic E-state index is 0.00483. The number of phenols is 1. The number of para-hydroxylation sites is 1. The molecule has 0 aliphatic carbocycles. The van der Waals surface area contributed by atoms with Crippen molar-refractivity contribution in [2.45, 2.75) is 84.0 Å². The predicted molar refractivity (Wildman–Crippen MR) is 97.9 cm³/mol. The van der Waals surface area contributed by atoms with Gasteiger partial charge in [-0.2, -0.15) is 0 Å². The van der Waals surface area contributed by atoms with E-state index >= 15 is 0 Å². The first kappa shape index (κ1) is 19.5. The van der Waals surface area contributed by atoms with Crippen molar-refractivity contribution in [3.63, 3.8) is 0 Å². The number of carbonyl (C=O) groups excluding carboxylic acids is 1. The van der Waals surface area contributed by atoms with Gasteiger partial charge in [-0.25, -0.2) is 0 Å². The average molecular weight is 319 g/mol. The Morgan fingerprint density at radius 1 is 0.913 bits per heavy atom. The molecule has 0 amide bonds. The lowest BCUT2D eigenvalue weighted by Crippen LogP contribution is -2.03. The third kappa shape index (κ3) is 8.06. The molecule has 1 aromatic carbocycles. The van der Waals surface area contributed by atoms with Crippen molar-refractivity contribution in [1.29, 1.82) is 0 Å². The third-order valence-corrected chi connectivity index (χ3v) is 4.39. The van der Waals surface area contributed by atoms with Crippen LogP contribution in [0.15, 0.2) is 18.2 Å². The summed E-state index contributed by atoms with van der Waals surface area (Å²) in [6.07, 6.45) is 14.5. The number of nitrogens with two attached hydrogens (primary N) is 1. The van der Waals surface area contributed by atoms with Gasteiger partial charge in [-0.3, -0.25) is 4.79 Å². The number of ketones is 1. The van der Waals surface area contributed by atoms with Crippen LogP contribution in [0, 0.1) is 0 Å². The summed E-state index contributed by atoms with van der Waals surface area (Å²) in [5.41, 5.74) is 6.41. The molecule has 0 aliphatic rings. The SMILES string of the molecule is CCCCCCCCCCCCCC(=O)c1cccc(O)c1N. The summed E-state index contributed by atoms with van der Waals surface area (Å²) in [7, 11) is 0. The lowest BCUT2D eigenvalue weighted by molar-refractivity contribution is 0.0979. The van der Waals surface area contributed by atoms with Crippen LogP contribution in [0.25, 0.3) is 0 Å². The number of benzene rings is 1. The summed E-state index contributed by atoms with van der Waals surface area (Å²) < 4.78 is 0. The smallest absolute Gasteiger partial charge is 0.165 e. The maximum atomic E-state index is 12.1. The zero-order valence-electron chi connectivity index (χ0n) is 14.7. The van der Waals surface area contributed by atoms with Crippen molar-refractivity contribution in [1.82, 2.24) is 0 Å². The lowest BCUT2D eigenvalue weighted by atomic mass is 10.0. The molecule has 130 valence electrons. The molecule has 0 unspecified atom stereocenters. The number of hydrogen-bond acceptors (Lipinski definition) is 3. The van der Waals surface area contributed by atoms with Gasteiger partial charge in [0.1, 0.15) is 5.75 Å². The van der Waals surface area contributed by atoms with Crippen LogP contribution >= 0.6 is 0 Å². The van der Waals surface area contributed by atoms with E-state index in [9.17, 15) is 9.90 Å². The van der Waals surface area contributed by atoms with E-state index in [0.29, 0.717) is 12.0 Å². The zero-order valence-corrected chi connectivity index (χ0v) is 14.7. The minimum Gasteiger partial charge on any atom is -0.506 e. The van der Waals surface area contributed by atoms with E-state index in [1.54, 1.807) is 12.1 Å². The largest absolute Gasteiger partial charge is 0.506 e. The third-order valence-electron chi connectivity index (χ3n) is 4.39. The van der Waals surface area contributed by atoms with Crippen LogP contribution in [0.2, 0.25) is 0 Å². The van der Waals surface area contributed by atoms with Crippen LogP contribution in [0.3, 0.4) is 0 Å². The van der Waals surface area contributed by atoms with Gasteiger partial charge in [0.15, 0.2) is 5.78 Å². The summed E-state index contributed by atoms with van der Waals surface area (Å²) in [6, 6.07) is 4.86. The highest BCUT2D eigenvalue weighted by Gasteiger charge is 2.11. The number of aromatic hydroxyl groups is 1. The van der Waals surface area contributed by atoms with E-state index < -0.39 is 0 Å². The van der Waals surface area contributed by atoms with Crippen molar-refractivity contribution in [3.8, 4) is 5.75 Å². The highest BCUT2D eigenvalue weighted by molar-refractivity contribution is 6.01. The average Bonchev–Trinajstić information content (AvgIpc) is 2.55. The second-order valence-corrected chi connectivity index (χ2v) is 6.45. The number of unbranched alkanes of at least 4 members (excludes halogenated alkanes) is 10. The zero-order chi connectivity index (χ0) is 16.9. The van der Waals surface area contributed by atoms with Crippen LogP contribution in [0.5, 0.6) is 5.75 Å². The van der Waals surface area contributed by atoms with Gasteiger partial charge >= 0.3 is 0 Å². The van der Waals surface area contributed by atoms with Crippen molar-refractivity contribution in [2.75, 3.05) is 5.73 Å². The van der Waals surface area contributed by atoms with Crippen LogP contribution in [-0.4, -0.2) is 10.9 Å².